The first-order valence-corrected chi connectivity index (χ1v) is 8.08. The standard InChI is InChI=1S/C16H21N3OS/c1-4-5-15(20)18-13-8-6-12(7-9-13)14-10-21-16(19-14)17-11(2)3/h6-11H,4-5H2,1-3H3,(H,17,19)(H,18,20). The van der Waals surface area contributed by atoms with Crippen LogP contribution in [0.2, 0.25) is 0 Å². The van der Waals surface area contributed by atoms with E-state index in [1.807, 2.05) is 36.6 Å². The number of thiazole rings is 1. The largest absolute Gasteiger partial charge is 0.359 e. The number of benzene rings is 1. The maximum absolute atomic E-state index is 11.5. The van der Waals surface area contributed by atoms with Gasteiger partial charge in [-0.05, 0) is 32.4 Å². The summed E-state index contributed by atoms with van der Waals surface area (Å²) >= 11 is 1.60. The molecular weight excluding hydrogens is 282 g/mol. The van der Waals surface area contributed by atoms with Crippen molar-refractivity contribution in [3.8, 4) is 11.3 Å². The van der Waals surface area contributed by atoms with Crippen molar-refractivity contribution in [3.63, 3.8) is 0 Å². The minimum Gasteiger partial charge on any atom is -0.359 e. The van der Waals surface area contributed by atoms with Gasteiger partial charge < -0.3 is 10.6 Å². The fraction of sp³-hybridized carbons (Fsp3) is 0.375. The van der Waals surface area contributed by atoms with Crippen LogP contribution in [0.15, 0.2) is 29.6 Å². The predicted octanol–water partition coefficient (Wildman–Crippen LogP) is 4.37. The number of carbonyl (C=O) groups is 1. The van der Waals surface area contributed by atoms with E-state index in [4.69, 9.17) is 0 Å². The summed E-state index contributed by atoms with van der Waals surface area (Å²) in [6.45, 7) is 6.18. The molecule has 1 aromatic carbocycles. The number of rotatable bonds is 6. The van der Waals surface area contributed by atoms with Crippen LogP contribution in [0.4, 0.5) is 10.8 Å². The molecule has 21 heavy (non-hydrogen) atoms. The van der Waals surface area contributed by atoms with Gasteiger partial charge in [0.1, 0.15) is 0 Å². The van der Waals surface area contributed by atoms with Crippen molar-refractivity contribution in [2.45, 2.75) is 39.7 Å². The Balaban J connectivity index is 2.04. The second-order valence-electron chi connectivity index (χ2n) is 5.21. The van der Waals surface area contributed by atoms with Crippen molar-refractivity contribution >= 4 is 28.1 Å². The Morgan fingerprint density at radius 1 is 1.29 bits per heavy atom. The van der Waals surface area contributed by atoms with Crippen molar-refractivity contribution in [1.82, 2.24) is 4.98 Å². The molecule has 1 aromatic heterocycles. The van der Waals surface area contributed by atoms with Gasteiger partial charge >= 0.3 is 0 Å². The van der Waals surface area contributed by atoms with Crippen molar-refractivity contribution in [3.05, 3.63) is 29.6 Å². The van der Waals surface area contributed by atoms with E-state index in [-0.39, 0.29) is 5.91 Å². The number of carbonyl (C=O) groups excluding carboxylic acids is 1. The van der Waals surface area contributed by atoms with E-state index >= 15 is 0 Å². The molecular formula is C16H21N3OS. The normalized spacial score (nSPS) is 10.7. The Kier molecular flexibility index (Phi) is 5.33. The van der Waals surface area contributed by atoms with Crippen molar-refractivity contribution in [2.75, 3.05) is 10.6 Å². The summed E-state index contributed by atoms with van der Waals surface area (Å²) in [6.07, 6.45) is 1.41. The maximum atomic E-state index is 11.5. The monoisotopic (exact) mass is 303 g/mol. The molecule has 0 aliphatic carbocycles. The van der Waals surface area contributed by atoms with Crippen LogP contribution in [0.3, 0.4) is 0 Å². The SMILES string of the molecule is CCCC(=O)Nc1ccc(-c2csc(NC(C)C)n2)cc1. The fourth-order valence-electron chi connectivity index (χ4n) is 1.89. The van der Waals surface area contributed by atoms with E-state index in [0.29, 0.717) is 12.5 Å². The molecule has 2 aromatic rings. The number of anilines is 2. The highest BCUT2D eigenvalue weighted by atomic mass is 32.1. The number of amides is 1. The molecule has 0 radical (unpaired) electrons. The lowest BCUT2D eigenvalue weighted by molar-refractivity contribution is -0.116. The topological polar surface area (TPSA) is 54.0 Å². The molecule has 0 aliphatic heterocycles. The first kappa shape index (κ1) is 15.5. The molecule has 0 aliphatic rings. The average molecular weight is 303 g/mol. The van der Waals surface area contributed by atoms with Gasteiger partial charge in [0, 0.05) is 29.1 Å². The molecule has 5 heteroatoms. The Morgan fingerprint density at radius 2 is 2.00 bits per heavy atom. The predicted molar refractivity (Wildman–Crippen MR) is 89.8 cm³/mol. The summed E-state index contributed by atoms with van der Waals surface area (Å²) in [5.74, 6) is 0.0577. The Hall–Kier alpha value is -1.88. The highest BCUT2D eigenvalue weighted by Crippen LogP contribution is 2.26. The van der Waals surface area contributed by atoms with Crippen LogP contribution in [0.5, 0.6) is 0 Å². The van der Waals surface area contributed by atoms with Crippen LogP contribution in [0.1, 0.15) is 33.6 Å². The van der Waals surface area contributed by atoms with E-state index in [1.54, 1.807) is 11.3 Å². The lowest BCUT2D eigenvalue weighted by Gasteiger charge is -2.05. The first-order chi connectivity index (χ1) is 10.1. The highest BCUT2D eigenvalue weighted by Gasteiger charge is 2.06. The average Bonchev–Trinajstić information content (AvgIpc) is 2.87. The zero-order valence-electron chi connectivity index (χ0n) is 12.6. The number of hydrogen-bond acceptors (Lipinski definition) is 4. The summed E-state index contributed by atoms with van der Waals surface area (Å²) in [5, 5.41) is 9.15. The zero-order chi connectivity index (χ0) is 15.2. The second kappa shape index (κ2) is 7.22. The van der Waals surface area contributed by atoms with Crippen molar-refractivity contribution < 1.29 is 4.79 Å². The molecule has 0 saturated carbocycles. The van der Waals surface area contributed by atoms with Crippen LogP contribution in [-0.2, 0) is 4.79 Å². The summed E-state index contributed by atoms with van der Waals surface area (Å²) in [6, 6.07) is 8.17. The molecule has 0 spiro atoms. The number of hydrogen-bond donors (Lipinski definition) is 2. The van der Waals surface area contributed by atoms with Gasteiger partial charge in [-0.2, -0.15) is 0 Å². The van der Waals surface area contributed by atoms with E-state index < -0.39 is 0 Å². The molecule has 2 N–H and O–H groups in total. The van der Waals surface area contributed by atoms with Crippen LogP contribution in [0.25, 0.3) is 11.3 Å². The highest BCUT2D eigenvalue weighted by molar-refractivity contribution is 7.14. The third-order valence-corrected chi connectivity index (χ3v) is 3.63. The van der Waals surface area contributed by atoms with Crippen LogP contribution < -0.4 is 10.6 Å². The third-order valence-electron chi connectivity index (χ3n) is 2.86. The summed E-state index contributed by atoms with van der Waals surface area (Å²) in [4.78, 5) is 16.1. The van der Waals surface area contributed by atoms with E-state index in [0.717, 1.165) is 28.5 Å². The van der Waals surface area contributed by atoms with Gasteiger partial charge in [-0.15, -0.1) is 11.3 Å². The quantitative estimate of drug-likeness (QED) is 0.833. The number of nitrogens with one attached hydrogen (secondary N) is 2. The molecule has 0 bridgehead atoms. The summed E-state index contributed by atoms with van der Waals surface area (Å²) in [5.41, 5.74) is 2.83. The van der Waals surface area contributed by atoms with E-state index in [2.05, 4.69) is 29.5 Å². The van der Waals surface area contributed by atoms with Crippen LogP contribution >= 0.6 is 11.3 Å². The zero-order valence-corrected chi connectivity index (χ0v) is 13.5. The third kappa shape index (κ3) is 4.56. The Morgan fingerprint density at radius 3 is 2.62 bits per heavy atom. The van der Waals surface area contributed by atoms with Gasteiger partial charge in [0.2, 0.25) is 5.91 Å². The molecule has 1 heterocycles. The van der Waals surface area contributed by atoms with E-state index in [1.165, 1.54) is 0 Å². The van der Waals surface area contributed by atoms with Crippen molar-refractivity contribution in [1.29, 1.82) is 0 Å². The lowest BCUT2D eigenvalue weighted by Crippen LogP contribution is -2.10. The molecule has 112 valence electrons. The molecule has 2 rings (SSSR count). The summed E-state index contributed by atoms with van der Waals surface area (Å²) < 4.78 is 0. The van der Waals surface area contributed by atoms with Crippen molar-refractivity contribution in [2.24, 2.45) is 0 Å². The van der Waals surface area contributed by atoms with Gasteiger partial charge in [-0.1, -0.05) is 19.1 Å². The van der Waals surface area contributed by atoms with Gasteiger partial charge in [-0.3, -0.25) is 4.79 Å². The summed E-state index contributed by atoms with van der Waals surface area (Å²) in [7, 11) is 0. The lowest BCUT2D eigenvalue weighted by atomic mass is 10.1. The molecule has 1 amide bonds. The van der Waals surface area contributed by atoms with E-state index in [9.17, 15) is 4.79 Å². The number of aromatic nitrogens is 1. The van der Waals surface area contributed by atoms with Gasteiger partial charge in [0.05, 0.1) is 5.69 Å². The minimum atomic E-state index is 0.0577. The Bertz CT molecular complexity index is 590. The van der Waals surface area contributed by atoms with Gasteiger partial charge in [0.15, 0.2) is 5.13 Å². The molecule has 0 atom stereocenters. The first-order valence-electron chi connectivity index (χ1n) is 7.21. The van der Waals surface area contributed by atoms with Gasteiger partial charge in [-0.25, -0.2) is 4.98 Å². The fourth-order valence-corrected chi connectivity index (χ4v) is 2.76. The number of nitrogens with zero attached hydrogens (tertiary/aromatic N) is 1. The molecule has 0 saturated heterocycles. The molecule has 0 unspecified atom stereocenters. The smallest absolute Gasteiger partial charge is 0.224 e. The van der Waals surface area contributed by atoms with Crippen LogP contribution in [0, 0.1) is 0 Å². The maximum Gasteiger partial charge on any atom is 0.224 e. The minimum absolute atomic E-state index is 0.0577. The second-order valence-corrected chi connectivity index (χ2v) is 6.07. The Labute approximate surface area is 129 Å². The van der Waals surface area contributed by atoms with Crippen LogP contribution in [-0.4, -0.2) is 16.9 Å². The van der Waals surface area contributed by atoms with Gasteiger partial charge in [0.25, 0.3) is 0 Å². The molecule has 4 nitrogen and oxygen atoms in total. The molecule has 0 fully saturated rings.